The van der Waals surface area contributed by atoms with E-state index in [9.17, 15) is 9.18 Å². The van der Waals surface area contributed by atoms with Crippen molar-refractivity contribution in [2.75, 3.05) is 11.9 Å². The van der Waals surface area contributed by atoms with Gasteiger partial charge in [-0.2, -0.15) is 0 Å². The molecule has 0 spiro atoms. The second-order valence-electron chi connectivity index (χ2n) is 7.24. The van der Waals surface area contributed by atoms with E-state index in [1.807, 2.05) is 12.1 Å². The van der Waals surface area contributed by atoms with Crippen LogP contribution in [0.1, 0.15) is 39.2 Å². The van der Waals surface area contributed by atoms with E-state index in [1.54, 1.807) is 12.1 Å². The molecule has 0 aromatic heterocycles. The summed E-state index contributed by atoms with van der Waals surface area (Å²) in [5.74, 6) is 0.198. The standard InChI is InChI=1S/C21H25FN2O2S/c1-21(2,3)15-9-11-18(12-10-15)26-13-5-8-19(25)24-20(27)23-17-7-4-6-16(22)14-17/h4,6-7,9-12,14H,5,8,13H2,1-3H3,(H2,23,24,25,27). The summed E-state index contributed by atoms with van der Waals surface area (Å²) in [4.78, 5) is 11.9. The Labute approximate surface area is 165 Å². The van der Waals surface area contributed by atoms with Crippen LogP contribution in [0.3, 0.4) is 0 Å². The third kappa shape index (κ3) is 7.35. The number of nitrogens with one attached hydrogen (secondary N) is 2. The van der Waals surface area contributed by atoms with E-state index < -0.39 is 0 Å². The molecule has 27 heavy (non-hydrogen) atoms. The summed E-state index contributed by atoms with van der Waals surface area (Å²) < 4.78 is 18.8. The second-order valence-corrected chi connectivity index (χ2v) is 7.65. The van der Waals surface area contributed by atoms with Crippen molar-refractivity contribution in [1.82, 2.24) is 5.32 Å². The fraction of sp³-hybridized carbons (Fsp3) is 0.333. The predicted molar refractivity (Wildman–Crippen MR) is 111 cm³/mol. The molecule has 0 aliphatic carbocycles. The number of amides is 1. The van der Waals surface area contributed by atoms with Gasteiger partial charge in [-0.25, -0.2) is 4.39 Å². The molecule has 2 rings (SSSR count). The van der Waals surface area contributed by atoms with Gasteiger partial charge in [-0.05, 0) is 59.9 Å². The third-order valence-electron chi connectivity index (χ3n) is 3.87. The monoisotopic (exact) mass is 388 g/mol. The van der Waals surface area contributed by atoms with Gasteiger partial charge < -0.3 is 15.4 Å². The minimum absolute atomic E-state index is 0.106. The van der Waals surface area contributed by atoms with Crippen LogP contribution in [0.5, 0.6) is 5.75 Å². The number of ether oxygens (including phenoxy) is 1. The molecule has 0 bridgehead atoms. The Bertz CT molecular complexity index is 786. The molecule has 0 atom stereocenters. The number of benzene rings is 2. The first-order valence-electron chi connectivity index (χ1n) is 8.84. The zero-order valence-corrected chi connectivity index (χ0v) is 16.7. The van der Waals surface area contributed by atoms with Gasteiger partial charge in [0.05, 0.1) is 6.61 Å². The summed E-state index contributed by atoms with van der Waals surface area (Å²) in [6, 6.07) is 13.9. The molecule has 4 nitrogen and oxygen atoms in total. The zero-order chi connectivity index (χ0) is 19.9. The SMILES string of the molecule is CC(C)(C)c1ccc(OCCCC(=O)NC(=S)Nc2cccc(F)c2)cc1. The maximum absolute atomic E-state index is 13.1. The molecule has 0 unspecified atom stereocenters. The van der Waals surface area contributed by atoms with Crippen molar-refractivity contribution in [2.45, 2.75) is 39.0 Å². The molecule has 0 aliphatic rings. The Balaban J connectivity index is 1.67. The van der Waals surface area contributed by atoms with Crippen LogP contribution < -0.4 is 15.4 Å². The van der Waals surface area contributed by atoms with E-state index in [-0.39, 0.29) is 28.7 Å². The highest BCUT2D eigenvalue weighted by atomic mass is 32.1. The van der Waals surface area contributed by atoms with Crippen molar-refractivity contribution in [3.8, 4) is 5.75 Å². The van der Waals surface area contributed by atoms with Crippen molar-refractivity contribution in [1.29, 1.82) is 0 Å². The first kappa shape index (κ1) is 20.8. The van der Waals surface area contributed by atoms with E-state index in [2.05, 4.69) is 43.5 Å². The van der Waals surface area contributed by atoms with Crippen LogP contribution in [-0.4, -0.2) is 17.6 Å². The second kappa shape index (κ2) is 9.46. The molecule has 2 aromatic carbocycles. The maximum Gasteiger partial charge on any atom is 0.226 e. The van der Waals surface area contributed by atoms with Crippen molar-refractivity contribution in [3.63, 3.8) is 0 Å². The summed E-state index contributed by atoms with van der Waals surface area (Å²) in [6.07, 6.45) is 0.848. The normalized spacial score (nSPS) is 11.0. The molecular formula is C21H25FN2O2S. The number of hydrogen-bond acceptors (Lipinski definition) is 3. The van der Waals surface area contributed by atoms with Crippen LogP contribution in [-0.2, 0) is 10.2 Å². The number of rotatable bonds is 6. The van der Waals surface area contributed by atoms with E-state index in [1.165, 1.54) is 17.7 Å². The van der Waals surface area contributed by atoms with Gasteiger partial charge in [-0.15, -0.1) is 0 Å². The van der Waals surface area contributed by atoms with Gasteiger partial charge in [0.25, 0.3) is 0 Å². The topological polar surface area (TPSA) is 50.4 Å². The Hall–Kier alpha value is -2.47. The average molecular weight is 389 g/mol. The smallest absolute Gasteiger partial charge is 0.226 e. The molecule has 0 saturated carbocycles. The fourth-order valence-electron chi connectivity index (χ4n) is 2.39. The molecule has 0 aliphatic heterocycles. The number of anilines is 1. The number of carbonyl (C=O) groups excluding carboxylic acids is 1. The number of hydrogen-bond donors (Lipinski definition) is 2. The lowest BCUT2D eigenvalue weighted by Crippen LogP contribution is -2.34. The summed E-state index contributed by atoms with van der Waals surface area (Å²) >= 11 is 5.06. The number of halogens is 1. The summed E-state index contributed by atoms with van der Waals surface area (Å²) in [5, 5.41) is 5.49. The van der Waals surface area contributed by atoms with Gasteiger partial charge in [-0.3, -0.25) is 4.79 Å². The third-order valence-corrected chi connectivity index (χ3v) is 4.08. The summed E-state index contributed by atoms with van der Waals surface area (Å²) in [6.45, 7) is 6.92. The largest absolute Gasteiger partial charge is 0.494 e. The number of carbonyl (C=O) groups is 1. The van der Waals surface area contributed by atoms with E-state index in [0.29, 0.717) is 18.7 Å². The van der Waals surface area contributed by atoms with Crippen molar-refractivity contribution in [3.05, 3.63) is 59.9 Å². The van der Waals surface area contributed by atoms with Crippen LogP contribution in [0.2, 0.25) is 0 Å². The lowest BCUT2D eigenvalue weighted by atomic mass is 9.87. The Morgan fingerprint density at radius 3 is 2.48 bits per heavy atom. The Morgan fingerprint density at radius 1 is 1.15 bits per heavy atom. The first-order valence-corrected chi connectivity index (χ1v) is 9.24. The van der Waals surface area contributed by atoms with Gasteiger partial charge in [-0.1, -0.05) is 39.0 Å². The van der Waals surface area contributed by atoms with Crippen LogP contribution in [0.4, 0.5) is 10.1 Å². The minimum atomic E-state index is -0.373. The highest BCUT2D eigenvalue weighted by molar-refractivity contribution is 7.80. The molecule has 2 aromatic rings. The molecule has 0 radical (unpaired) electrons. The molecular weight excluding hydrogens is 363 g/mol. The van der Waals surface area contributed by atoms with Crippen LogP contribution in [0.25, 0.3) is 0 Å². The lowest BCUT2D eigenvalue weighted by Gasteiger charge is -2.19. The Kier molecular flexibility index (Phi) is 7.30. The summed E-state index contributed by atoms with van der Waals surface area (Å²) in [5.41, 5.74) is 1.84. The van der Waals surface area contributed by atoms with Gasteiger partial charge in [0.1, 0.15) is 11.6 Å². The van der Waals surface area contributed by atoms with Crippen molar-refractivity contribution < 1.29 is 13.9 Å². The quantitative estimate of drug-likeness (QED) is 0.552. The molecule has 1 amide bonds. The molecule has 0 fully saturated rings. The van der Waals surface area contributed by atoms with Gasteiger partial charge >= 0.3 is 0 Å². The van der Waals surface area contributed by atoms with Crippen LogP contribution in [0, 0.1) is 5.82 Å². The zero-order valence-electron chi connectivity index (χ0n) is 15.8. The lowest BCUT2D eigenvalue weighted by molar-refractivity contribution is -0.119. The van der Waals surface area contributed by atoms with E-state index >= 15 is 0 Å². The molecule has 0 heterocycles. The predicted octanol–water partition coefficient (Wildman–Crippen LogP) is 4.80. The highest BCUT2D eigenvalue weighted by Gasteiger charge is 2.13. The summed E-state index contributed by atoms with van der Waals surface area (Å²) in [7, 11) is 0. The van der Waals surface area contributed by atoms with Crippen molar-refractivity contribution >= 4 is 28.9 Å². The number of thiocarbonyl (C=S) groups is 1. The molecule has 0 saturated heterocycles. The first-order chi connectivity index (χ1) is 12.7. The van der Waals surface area contributed by atoms with Gasteiger partial charge in [0, 0.05) is 12.1 Å². The highest BCUT2D eigenvalue weighted by Crippen LogP contribution is 2.24. The van der Waals surface area contributed by atoms with Gasteiger partial charge in [0.15, 0.2) is 5.11 Å². The van der Waals surface area contributed by atoms with Gasteiger partial charge in [0.2, 0.25) is 5.91 Å². The molecule has 2 N–H and O–H groups in total. The minimum Gasteiger partial charge on any atom is -0.494 e. The van der Waals surface area contributed by atoms with E-state index in [0.717, 1.165) is 5.75 Å². The molecule has 6 heteroatoms. The average Bonchev–Trinajstić information content (AvgIpc) is 2.58. The van der Waals surface area contributed by atoms with Crippen LogP contribution >= 0.6 is 12.2 Å². The Morgan fingerprint density at radius 2 is 1.85 bits per heavy atom. The van der Waals surface area contributed by atoms with Crippen molar-refractivity contribution in [2.24, 2.45) is 0 Å². The molecule has 144 valence electrons. The fourth-order valence-corrected chi connectivity index (χ4v) is 2.62. The van der Waals surface area contributed by atoms with Crippen LogP contribution in [0.15, 0.2) is 48.5 Å². The van der Waals surface area contributed by atoms with E-state index in [4.69, 9.17) is 17.0 Å². The maximum atomic E-state index is 13.1.